The van der Waals surface area contributed by atoms with Crippen LogP contribution in [0.2, 0.25) is 0 Å². The van der Waals surface area contributed by atoms with Gasteiger partial charge in [0, 0.05) is 6.92 Å². The van der Waals surface area contributed by atoms with Crippen LogP contribution in [0.4, 0.5) is 15.1 Å². The zero-order valence-electron chi connectivity index (χ0n) is 15.7. The van der Waals surface area contributed by atoms with Gasteiger partial charge in [-0.2, -0.15) is 0 Å². The molecule has 158 valence electrons. The van der Waals surface area contributed by atoms with Gasteiger partial charge in [-0.1, -0.05) is 0 Å². The number of benzene rings is 1. The summed E-state index contributed by atoms with van der Waals surface area (Å²) in [4.78, 5) is 26.1. The maximum Gasteiger partial charge on any atom is 0.266 e. The number of nitrogens with zero attached hydrogens (tertiary/aromatic N) is 3. The van der Waals surface area contributed by atoms with Crippen LogP contribution in [0.1, 0.15) is 16.2 Å². The maximum absolute atomic E-state index is 14.4. The van der Waals surface area contributed by atoms with Gasteiger partial charge in [-0.25, -0.2) is 26.9 Å². The molecule has 3 aromatic rings. The molecule has 3 rings (SSSR count). The predicted octanol–water partition coefficient (Wildman–Crippen LogP) is 0.0196. The standard InChI is InChI=1S/C17H16FN5O5S2/c1-10-6-23(9-22(10)2)7-14(24)20-13-4-3-11(5-12(13)18)30(27,28)21-16-15(17(25)26)19-8-29-16/h3-6,8-9,21H,7H2,1-2H3,(H-,20,24,25,26). The van der Waals surface area contributed by atoms with Crippen molar-refractivity contribution in [2.45, 2.75) is 18.4 Å². The van der Waals surface area contributed by atoms with Crippen LogP contribution in [0.3, 0.4) is 0 Å². The van der Waals surface area contributed by atoms with E-state index in [0.29, 0.717) is 0 Å². The highest BCUT2D eigenvalue weighted by atomic mass is 32.2. The van der Waals surface area contributed by atoms with Crippen LogP contribution in [0.25, 0.3) is 0 Å². The van der Waals surface area contributed by atoms with Crippen LogP contribution >= 0.6 is 11.3 Å². The molecule has 1 amide bonds. The maximum atomic E-state index is 14.4. The second-order valence-corrected chi connectivity index (χ2v) is 8.82. The topological polar surface area (TPSA) is 137 Å². The predicted molar refractivity (Wildman–Crippen MR) is 103 cm³/mol. The Morgan fingerprint density at radius 2 is 2.10 bits per heavy atom. The van der Waals surface area contributed by atoms with E-state index in [0.717, 1.165) is 40.7 Å². The number of aromatic nitrogens is 3. The smallest absolute Gasteiger partial charge is 0.266 e. The van der Waals surface area contributed by atoms with Gasteiger partial charge in [-0.05, 0) is 18.2 Å². The highest BCUT2D eigenvalue weighted by Gasteiger charge is 2.21. The molecule has 0 fully saturated rings. The summed E-state index contributed by atoms with van der Waals surface area (Å²) in [7, 11) is -2.47. The average molecular weight is 453 g/mol. The molecule has 0 atom stereocenters. The van der Waals surface area contributed by atoms with E-state index in [9.17, 15) is 27.5 Å². The highest BCUT2D eigenvalue weighted by molar-refractivity contribution is 7.93. The number of anilines is 2. The van der Waals surface area contributed by atoms with E-state index in [1.54, 1.807) is 17.1 Å². The first-order valence-corrected chi connectivity index (χ1v) is 10.7. The molecule has 2 heterocycles. The summed E-state index contributed by atoms with van der Waals surface area (Å²) in [6.45, 7) is 1.81. The van der Waals surface area contributed by atoms with Crippen molar-refractivity contribution in [1.82, 2.24) is 9.55 Å². The van der Waals surface area contributed by atoms with Crippen molar-refractivity contribution in [3.8, 4) is 0 Å². The van der Waals surface area contributed by atoms with Crippen LogP contribution in [0.5, 0.6) is 0 Å². The molecular weight excluding hydrogens is 437 g/mol. The number of hydrogen-bond donors (Lipinski definition) is 2. The second-order valence-electron chi connectivity index (χ2n) is 6.28. The zero-order chi connectivity index (χ0) is 22.1. The molecule has 0 radical (unpaired) electrons. The molecule has 0 unspecified atom stereocenters. The summed E-state index contributed by atoms with van der Waals surface area (Å²) in [6, 6.07) is 2.91. The monoisotopic (exact) mass is 453 g/mol. The first-order chi connectivity index (χ1) is 14.1. The lowest BCUT2D eigenvalue weighted by Gasteiger charge is -2.10. The van der Waals surface area contributed by atoms with Crippen molar-refractivity contribution in [2.24, 2.45) is 7.05 Å². The van der Waals surface area contributed by atoms with E-state index >= 15 is 0 Å². The fraction of sp³-hybridized carbons (Fsp3) is 0.176. The number of thiazole rings is 1. The summed E-state index contributed by atoms with van der Waals surface area (Å²) >= 11 is 0.742. The molecule has 13 heteroatoms. The third kappa shape index (κ3) is 4.63. The SMILES string of the molecule is Cc1c[n+](CC(=O)Nc2ccc(S(=O)(=O)Nc3scnc3C(=O)[O-])cc2F)cn1C. The van der Waals surface area contributed by atoms with Gasteiger partial charge in [0.25, 0.3) is 15.9 Å². The van der Waals surface area contributed by atoms with Crippen LogP contribution in [0, 0.1) is 12.7 Å². The fourth-order valence-corrected chi connectivity index (χ4v) is 4.53. The van der Waals surface area contributed by atoms with Crippen LogP contribution < -0.4 is 19.7 Å². The number of imidazole rings is 1. The molecule has 0 aliphatic carbocycles. The van der Waals surface area contributed by atoms with Gasteiger partial charge < -0.3 is 15.2 Å². The Hall–Kier alpha value is -3.32. The lowest BCUT2D eigenvalue weighted by Crippen LogP contribution is -2.38. The molecule has 0 spiro atoms. The third-order valence-electron chi connectivity index (χ3n) is 4.07. The first kappa shape index (κ1) is 21.4. The second kappa shape index (κ2) is 8.20. The van der Waals surface area contributed by atoms with Crippen molar-refractivity contribution in [3.05, 3.63) is 53.4 Å². The van der Waals surface area contributed by atoms with Crippen molar-refractivity contribution < 1.29 is 32.1 Å². The molecular formula is C17H16FN5O5S2. The Balaban J connectivity index is 1.74. The van der Waals surface area contributed by atoms with Gasteiger partial charge in [0.2, 0.25) is 6.33 Å². The quantitative estimate of drug-likeness (QED) is 0.484. The van der Waals surface area contributed by atoms with Gasteiger partial charge in [-0.15, -0.1) is 11.3 Å². The first-order valence-electron chi connectivity index (χ1n) is 8.36. The zero-order valence-corrected chi connectivity index (χ0v) is 17.4. The van der Waals surface area contributed by atoms with E-state index < -0.39 is 38.3 Å². The Kier molecular flexibility index (Phi) is 5.85. The van der Waals surface area contributed by atoms with E-state index in [-0.39, 0.29) is 17.2 Å². The number of carboxylic acids is 1. The number of nitrogens with one attached hydrogen (secondary N) is 2. The van der Waals surface area contributed by atoms with E-state index in [1.165, 1.54) is 0 Å². The normalized spacial score (nSPS) is 11.3. The number of aromatic carboxylic acids is 1. The van der Waals surface area contributed by atoms with Gasteiger partial charge in [-0.3, -0.25) is 9.52 Å². The van der Waals surface area contributed by atoms with Crippen LogP contribution in [-0.2, 0) is 28.4 Å². The van der Waals surface area contributed by atoms with Crippen molar-refractivity contribution in [1.29, 1.82) is 0 Å². The number of hydrogen-bond acceptors (Lipinski definition) is 7. The molecule has 10 nitrogen and oxygen atoms in total. The summed E-state index contributed by atoms with van der Waals surface area (Å²) < 4.78 is 44.7. The summed E-state index contributed by atoms with van der Waals surface area (Å²) in [5, 5.41) is 13.1. The van der Waals surface area contributed by atoms with Crippen molar-refractivity contribution in [3.63, 3.8) is 0 Å². The molecule has 2 aromatic heterocycles. The molecule has 0 bridgehead atoms. The third-order valence-corrected chi connectivity index (χ3v) is 6.29. The minimum Gasteiger partial charge on any atom is -0.543 e. The lowest BCUT2D eigenvalue weighted by atomic mass is 10.3. The molecule has 0 aliphatic heterocycles. The van der Waals surface area contributed by atoms with Gasteiger partial charge in [0.15, 0.2) is 6.54 Å². The summed E-state index contributed by atoms with van der Waals surface area (Å²) in [6.07, 6.45) is 3.45. The Bertz CT molecular complexity index is 1220. The van der Waals surface area contributed by atoms with Crippen LogP contribution in [-0.4, -0.2) is 29.8 Å². The Morgan fingerprint density at radius 3 is 2.70 bits per heavy atom. The Morgan fingerprint density at radius 1 is 1.37 bits per heavy atom. The van der Waals surface area contributed by atoms with E-state index in [4.69, 9.17) is 0 Å². The molecule has 0 saturated carbocycles. The summed E-state index contributed by atoms with van der Waals surface area (Å²) in [5.41, 5.74) is 1.30. The summed E-state index contributed by atoms with van der Waals surface area (Å²) in [5.74, 6) is -3.11. The molecule has 1 aromatic carbocycles. The van der Waals surface area contributed by atoms with Gasteiger partial charge in [0.1, 0.15) is 28.4 Å². The van der Waals surface area contributed by atoms with E-state index in [2.05, 4.69) is 10.3 Å². The lowest BCUT2D eigenvalue weighted by molar-refractivity contribution is -0.683. The Labute approximate surface area is 174 Å². The van der Waals surface area contributed by atoms with Crippen molar-refractivity contribution >= 4 is 43.9 Å². The average Bonchev–Trinajstić information content (AvgIpc) is 3.22. The van der Waals surface area contributed by atoms with E-state index in [1.807, 2.05) is 23.3 Å². The number of sulfonamides is 1. The van der Waals surface area contributed by atoms with Crippen LogP contribution in [0.15, 0.2) is 41.1 Å². The molecule has 0 aliphatic rings. The molecule has 30 heavy (non-hydrogen) atoms. The number of amides is 1. The number of carbonyl (C=O) groups is 2. The highest BCUT2D eigenvalue weighted by Crippen LogP contribution is 2.25. The minimum atomic E-state index is -4.29. The number of carbonyl (C=O) groups excluding carboxylic acids is 2. The molecule has 2 N–H and O–H groups in total. The fourth-order valence-electron chi connectivity index (χ4n) is 2.53. The number of carboxylic acid groups (broad SMARTS) is 1. The van der Waals surface area contributed by atoms with Gasteiger partial charge >= 0.3 is 0 Å². The van der Waals surface area contributed by atoms with Crippen molar-refractivity contribution in [2.75, 3.05) is 10.0 Å². The van der Waals surface area contributed by atoms with Gasteiger partial charge in [0.05, 0.1) is 29.1 Å². The minimum absolute atomic E-state index is 0.0555. The largest absolute Gasteiger partial charge is 0.543 e. The molecule has 0 saturated heterocycles. The number of rotatable bonds is 7. The number of aryl methyl sites for hydroxylation is 2. The number of halogens is 1.